The lowest BCUT2D eigenvalue weighted by Gasteiger charge is -2.08. The third-order valence-electron chi connectivity index (χ3n) is 5.66. The SMILES string of the molecule is CCCCn1c2ccccc2c2cc(/C=N/NC3=c4ccccc4=NC3=O)nc(C)c21. The zero-order valence-corrected chi connectivity index (χ0v) is 17.6. The van der Waals surface area contributed by atoms with Crippen LogP contribution in [0.2, 0.25) is 0 Å². The van der Waals surface area contributed by atoms with Crippen LogP contribution >= 0.6 is 0 Å². The Morgan fingerprint density at radius 1 is 1.10 bits per heavy atom. The number of nitrogens with one attached hydrogen (secondary N) is 1. The predicted octanol–water partition coefficient (Wildman–Crippen LogP) is 3.19. The molecule has 1 amide bonds. The molecule has 0 fully saturated rings. The number of amides is 1. The highest BCUT2D eigenvalue weighted by Crippen LogP contribution is 2.31. The maximum absolute atomic E-state index is 12.2. The summed E-state index contributed by atoms with van der Waals surface area (Å²) in [4.78, 5) is 21.0. The molecule has 1 N–H and O–H groups in total. The molecule has 6 nitrogen and oxygen atoms in total. The first-order chi connectivity index (χ1) is 15.2. The molecule has 0 unspecified atom stereocenters. The Bertz CT molecular complexity index is 1480. The van der Waals surface area contributed by atoms with E-state index < -0.39 is 0 Å². The number of hydrazone groups is 1. The molecule has 1 aliphatic heterocycles. The van der Waals surface area contributed by atoms with Gasteiger partial charge >= 0.3 is 0 Å². The number of hydrogen-bond acceptors (Lipinski definition) is 4. The van der Waals surface area contributed by atoms with E-state index in [0.29, 0.717) is 11.1 Å². The van der Waals surface area contributed by atoms with Crippen molar-refractivity contribution in [3.05, 3.63) is 76.6 Å². The van der Waals surface area contributed by atoms with Gasteiger partial charge < -0.3 is 4.57 Å². The molecule has 3 heterocycles. The Hall–Kier alpha value is -3.80. The summed E-state index contributed by atoms with van der Waals surface area (Å²) in [5, 5.41) is 8.12. The van der Waals surface area contributed by atoms with Crippen LogP contribution in [0.3, 0.4) is 0 Å². The average Bonchev–Trinajstić information content (AvgIpc) is 3.27. The van der Waals surface area contributed by atoms with E-state index in [-0.39, 0.29) is 5.91 Å². The zero-order chi connectivity index (χ0) is 21.4. The lowest BCUT2D eigenvalue weighted by atomic mass is 10.1. The highest BCUT2D eigenvalue weighted by molar-refractivity contribution is 6.14. The number of aromatic nitrogens is 2. The van der Waals surface area contributed by atoms with Crippen molar-refractivity contribution in [3.8, 4) is 0 Å². The fourth-order valence-corrected chi connectivity index (χ4v) is 4.24. The van der Waals surface area contributed by atoms with Crippen LogP contribution in [0.15, 0.2) is 64.7 Å². The minimum atomic E-state index is -0.308. The van der Waals surface area contributed by atoms with E-state index in [2.05, 4.69) is 57.3 Å². The van der Waals surface area contributed by atoms with Gasteiger partial charge in [0, 0.05) is 28.1 Å². The van der Waals surface area contributed by atoms with E-state index >= 15 is 0 Å². The molecule has 2 aromatic carbocycles. The Balaban J connectivity index is 1.54. The molecule has 31 heavy (non-hydrogen) atoms. The normalized spacial score (nSPS) is 13.4. The highest BCUT2D eigenvalue weighted by atomic mass is 16.1. The van der Waals surface area contributed by atoms with Crippen molar-refractivity contribution in [2.75, 3.05) is 0 Å². The number of carbonyl (C=O) groups excluding carboxylic acids is 1. The molecule has 0 bridgehead atoms. The molecule has 5 rings (SSSR count). The fraction of sp³-hybridized carbons (Fsp3) is 0.200. The van der Waals surface area contributed by atoms with Crippen molar-refractivity contribution in [2.45, 2.75) is 33.2 Å². The standard InChI is InChI=1S/C25H23N5O/c1-3-4-13-30-22-12-8-6-9-18(22)20-14-17(27-16(2)24(20)30)15-26-29-23-19-10-5-7-11-21(19)28-25(23)31/h5-12,14-15H,3-4,13H2,1-2H3,(H,28,29,31)/b26-15+. The molecule has 6 heteroatoms. The van der Waals surface area contributed by atoms with Gasteiger partial charge in [-0.05, 0) is 31.5 Å². The van der Waals surface area contributed by atoms with Gasteiger partial charge in [0.1, 0.15) is 5.70 Å². The highest BCUT2D eigenvalue weighted by Gasteiger charge is 2.16. The molecule has 154 valence electrons. The van der Waals surface area contributed by atoms with Gasteiger partial charge in [-0.3, -0.25) is 10.2 Å². The molecule has 0 radical (unpaired) electrons. The number of carbonyl (C=O) groups is 1. The van der Waals surface area contributed by atoms with E-state index in [9.17, 15) is 4.79 Å². The van der Waals surface area contributed by atoms with Crippen LogP contribution in [0.1, 0.15) is 31.2 Å². The third kappa shape index (κ3) is 3.30. The van der Waals surface area contributed by atoms with Gasteiger partial charge in [0.25, 0.3) is 5.91 Å². The van der Waals surface area contributed by atoms with Crippen molar-refractivity contribution in [1.29, 1.82) is 0 Å². The molecule has 0 saturated carbocycles. The molecule has 0 spiro atoms. The first-order valence-corrected chi connectivity index (χ1v) is 10.6. The second-order valence-electron chi connectivity index (χ2n) is 7.73. The number of pyridine rings is 1. The summed E-state index contributed by atoms with van der Waals surface area (Å²) >= 11 is 0. The number of hydrogen-bond donors (Lipinski definition) is 1. The van der Waals surface area contributed by atoms with Crippen LogP contribution in [0.25, 0.3) is 27.5 Å². The first-order valence-electron chi connectivity index (χ1n) is 10.6. The fourth-order valence-electron chi connectivity index (χ4n) is 4.24. The molecule has 0 atom stereocenters. The average molecular weight is 409 g/mol. The number of aryl methyl sites for hydroxylation is 2. The molecular formula is C25H23N5O. The van der Waals surface area contributed by atoms with Crippen LogP contribution in [-0.4, -0.2) is 21.7 Å². The summed E-state index contributed by atoms with van der Waals surface area (Å²) in [5.41, 5.74) is 7.38. The molecular weight excluding hydrogens is 386 g/mol. The molecule has 0 saturated heterocycles. The summed E-state index contributed by atoms with van der Waals surface area (Å²) in [6.45, 7) is 5.22. The van der Waals surface area contributed by atoms with Crippen LogP contribution in [0.5, 0.6) is 0 Å². The van der Waals surface area contributed by atoms with E-state index in [4.69, 9.17) is 4.98 Å². The van der Waals surface area contributed by atoms with Crippen molar-refractivity contribution in [3.63, 3.8) is 0 Å². The quantitative estimate of drug-likeness (QED) is 0.393. The number of nitrogens with zero attached hydrogens (tertiary/aromatic N) is 4. The summed E-state index contributed by atoms with van der Waals surface area (Å²) in [6, 6.07) is 18.0. The maximum Gasteiger partial charge on any atom is 0.296 e. The molecule has 1 aliphatic rings. The monoisotopic (exact) mass is 409 g/mol. The smallest absolute Gasteiger partial charge is 0.296 e. The first kappa shape index (κ1) is 19.2. The molecule has 2 aromatic heterocycles. The van der Waals surface area contributed by atoms with Gasteiger partial charge in [0.2, 0.25) is 0 Å². The lowest BCUT2D eigenvalue weighted by Crippen LogP contribution is -2.26. The van der Waals surface area contributed by atoms with Crippen LogP contribution in [0, 0.1) is 6.92 Å². The lowest BCUT2D eigenvalue weighted by molar-refractivity contribution is -0.113. The zero-order valence-electron chi connectivity index (χ0n) is 17.6. The summed E-state index contributed by atoms with van der Waals surface area (Å²) < 4.78 is 2.38. The van der Waals surface area contributed by atoms with E-state index in [1.54, 1.807) is 6.21 Å². The summed E-state index contributed by atoms with van der Waals surface area (Å²) in [5.74, 6) is -0.308. The minimum Gasteiger partial charge on any atom is -0.339 e. The van der Waals surface area contributed by atoms with Gasteiger partial charge in [0.05, 0.1) is 28.5 Å². The topological polar surface area (TPSA) is 71.6 Å². The Kier molecular flexibility index (Phi) is 4.82. The second kappa shape index (κ2) is 7.80. The number of unbranched alkanes of at least 4 members (excludes halogenated alkanes) is 1. The Morgan fingerprint density at radius 3 is 2.77 bits per heavy atom. The Labute approximate surface area is 179 Å². The van der Waals surface area contributed by atoms with Gasteiger partial charge in [-0.2, -0.15) is 5.10 Å². The number of para-hydroxylation sites is 2. The number of fused-ring (bicyclic) bond motifs is 4. The largest absolute Gasteiger partial charge is 0.339 e. The summed E-state index contributed by atoms with van der Waals surface area (Å²) in [6.07, 6.45) is 3.93. The van der Waals surface area contributed by atoms with E-state index in [0.717, 1.165) is 36.0 Å². The van der Waals surface area contributed by atoms with Crippen LogP contribution in [0.4, 0.5) is 0 Å². The van der Waals surface area contributed by atoms with Crippen LogP contribution < -0.4 is 16.0 Å². The maximum atomic E-state index is 12.2. The van der Waals surface area contributed by atoms with Gasteiger partial charge in [-0.15, -0.1) is 0 Å². The van der Waals surface area contributed by atoms with Gasteiger partial charge in [-0.1, -0.05) is 49.7 Å². The Morgan fingerprint density at radius 2 is 1.90 bits per heavy atom. The second-order valence-corrected chi connectivity index (χ2v) is 7.73. The predicted molar refractivity (Wildman–Crippen MR) is 123 cm³/mol. The molecule has 4 aromatic rings. The minimum absolute atomic E-state index is 0.308. The number of rotatable bonds is 6. The van der Waals surface area contributed by atoms with E-state index in [1.165, 1.54) is 21.8 Å². The van der Waals surface area contributed by atoms with Crippen molar-refractivity contribution >= 4 is 39.6 Å². The van der Waals surface area contributed by atoms with Crippen molar-refractivity contribution in [2.24, 2.45) is 10.1 Å². The summed E-state index contributed by atoms with van der Waals surface area (Å²) in [7, 11) is 0. The van der Waals surface area contributed by atoms with Gasteiger partial charge in [0.15, 0.2) is 0 Å². The number of benzene rings is 2. The van der Waals surface area contributed by atoms with Crippen LogP contribution in [-0.2, 0) is 11.3 Å². The third-order valence-corrected chi connectivity index (χ3v) is 5.66. The van der Waals surface area contributed by atoms with E-state index in [1.807, 2.05) is 31.2 Å². The van der Waals surface area contributed by atoms with Gasteiger partial charge in [-0.25, -0.2) is 9.98 Å². The van der Waals surface area contributed by atoms with Crippen molar-refractivity contribution < 1.29 is 4.79 Å². The van der Waals surface area contributed by atoms with Crippen molar-refractivity contribution in [1.82, 2.24) is 15.0 Å². The molecule has 0 aliphatic carbocycles.